The molecular weight excluding hydrogens is 268 g/mol. The number of carbonyl (C=O) groups is 2. The molecule has 5 heteroatoms. The lowest BCUT2D eigenvalue weighted by molar-refractivity contribution is -0.153. The molecule has 0 atom stereocenters. The van der Waals surface area contributed by atoms with E-state index in [0.29, 0.717) is 11.4 Å². The van der Waals surface area contributed by atoms with Crippen LogP contribution in [0.25, 0.3) is 0 Å². The smallest absolute Gasteiger partial charge is 0.399 e. The number of amides is 1. The third-order valence-electron chi connectivity index (χ3n) is 2.68. The summed E-state index contributed by atoms with van der Waals surface area (Å²) in [6.45, 7) is 1.81. The number of rotatable bonds is 4. The summed E-state index contributed by atoms with van der Waals surface area (Å²) < 4.78 is 4.77. The van der Waals surface area contributed by atoms with Crippen LogP contribution in [0.2, 0.25) is 0 Å². The van der Waals surface area contributed by atoms with Crippen LogP contribution in [0.15, 0.2) is 60.7 Å². The zero-order valence-corrected chi connectivity index (χ0v) is 11.7. The maximum absolute atomic E-state index is 12.2. The fraction of sp³-hybridized carbons (Fsp3) is 0.125. The highest BCUT2D eigenvalue weighted by atomic mass is 16.5. The first-order chi connectivity index (χ1) is 10.2. The Morgan fingerprint density at radius 1 is 1.00 bits per heavy atom. The molecule has 0 saturated heterocycles. The van der Waals surface area contributed by atoms with E-state index < -0.39 is 11.9 Å². The zero-order valence-electron chi connectivity index (χ0n) is 11.7. The van der Waals surface area contributed by atoms with E-state index in [0.717, 1.165) is 0 Å². The van der Waals surface area contributed by atoms with Crippen LogP contribution in [0.5, 0.6) is 0 Å². The van der Waals surface area contributed by atoms with Crippen LogP contribution >= 0.6 is 0 Å². The van der Waals surface area contributed by atoms with Gasteiger partial charge in [-0.1, -0.05) is 36.4 Å². The second kappa shape index (κ2) is 7.09. The Morgan fingerprint density at radius 2 is 1.57 bits per heavy atom. The number of carbonyl (C=O) groups excluding carboxylic acids is 2. The van der Waals surface area contributed by atoms with E-state index >= 15 is 0 Å². The maximum Gasteiger partial charge on any atom is 0.399 e. The molecule has 21 heavy (non-hydrogen) atoms. The predicted molar refractivity (Wildman–Crippen MR) is 80.6 cm³/mol. The summed E-state index contributed by atoms with van der Waals surface area (Å²) in [5, 5.41) is 1.17. The summed E-state index contributed by atoms with van der Waals surface area (Å²) in [4.78, 5) is 23.9. The Balaban J connectivity index is 2.27. The van der Waals surface area contributed by atoms with Gasteiger partial charge in [0.05, 0.1) is 18.0 Å². The van der Waals surface area contributed by atoms with Crippen molar-refractivity contribution in [2.24, 2.45) is 0 Å². The highest BCUT2D eigenvalue weighted by Gasteiger charge is 2.24. The second-order valence-electron chi connectivity index (χ2n) is 4.17. The largest absolute Gasteiger partial charge is 0.459 e. The summed E-state index contributed by atoms with van der Waals surface area (Å²) in [7, 11) is 0. The molecule has 0 saturated carbocycles. The van der Waals surface area contributed by atoms with Gasteiger partial charge >= 0.3 is 11.9 Å². The molecule has 0 radical (unpaired) electrons. The minimum atomic E-state index is -0.898. The minimum absolute atomic E-state index is 0.151. The van der Waals surface area contributed by atoms with Gasteiger partial charge in [-0.2, -0.15) is 0 Å². The van der Waals surface area contributed by atoms with Crippen LogP contribution in [0.4, 0.5) is 11.4 Å². The second-order valence-corrected chi connectivity index (χ2v) is 4.17. The lowest BCUT2D eigenvalue weighted by Crippen LogP contribution is -2.41. The SMILES string of the molecule is CCOC(=O)C(=O)N(Nc1ccccc1)c1ccccc1. The number of benzene rings is 2. The first-order valence-corrected chi connectivity index (χ1v) is 6.60. The first kappa shape index (κ1) is 14.6. The third kappa shape index (κ3) is 3.82. The van der Waals surface area contributed by atoms with Crippen LogP contribution in [-0.2, 0) is 14.3 Å². The zero-order chi connectivity index (χ0) is 15.1. The Hall–Kier alpha value is -2.82. The van der Waals surface area contributed by atoms with E-state index in [1.165, 1.54) is 5.01 Å². The molecular formula is C16H16N2O3. The van der Waals surface area contributed by atoms with Crippen molar-refractivity contribution >= 4 is 23.3 Å². The highest BCUT2D eigenvalue weighted by Crippen LogP contribution is 2.16. The monoisotopic (exact) mass is 284 g/mol. The lowest BCUT2D eigenvalue weighted by Gasteiger charge is -2.23. The molecule has 0 unspecified atom stereocenters. The Bertz CT molecular complexity index is 599. The van der Waals surface area contributed by atoms with Crippen molar-refractivity contribution in [3.63, 3.8) is 0 Å². The quantitative estimate of drug-likeness (QED) is 0.532. The van der Waals surface area contributed by atoms with Gasteiger partial charge in [0, 0.05) is 0 Å². The molecule has 0 spiro atoms. The molecule has 0 heterocycles. The third-order valence-corrected chi connectivity index (χ3v) is 2.68. The number of hydrogen-bond acceptors (Lipinski definition) is 4. The summed E-state index contributed by atoms with van der Waals surface area (Å²) >= 11 is 0. The van der Waals surface area contributed by atoms with Crippen molar-refractivity contribution < 1.29 is 14.3 Å². The average Bonchev–Trinajstić information content (AvgIpc) is 2.54. The molecule has 1 N–H and O–H groups in total. The van der Waals surface area contributed by atoms with Gasteiger partial charge in [-0.3, -0.25) is 10.2 Å². The van der Waals surface area contributed by atoms with Crippen molar-refractivity contribution in [1.82, 2.24) is 0 Å². The van der Waals surface area contributed by atoms with Crippen LogP contribution < -0.4 is 10.4 Å². The Morgan fingerprint density at radius 3 is 2.14 bits per heavy atom. The maximum atomic E-state index is 12.2. The Kier molecular flexibility index (Phi) is 4.93. The van der Waals surface area contributed by atoms with E-state index in [2.05, 4.69) is 5.43 Å². The van der Waals surface area contributed by atoms with Crippen molar-refractivity contribution in [2.75, 3.05) is 17.0 Å². The molecule has 2 aromatic rings. The van der Waals surface area contributed by atoms with Gasteiger partial charge < -0.3 is 4.74 Å². The molecule has 0 aliphatic heterocycles. The van der Waals surface area contributed by atoms with Crippen molar-refractivity contribution in [1.29, 1.82) is 0 Å². The number of hydrazine groups is 1. The molecule has 0 aliphatic carbocycles. The van der Waals surface area contributed by atoms with E-state index in [1.54, 1.807) is 43.3 Å². The van der Waals surface area contributed by atoms with Gasteiger partial charge in [0.2, 0.25) is 0 Å². The molecule has 1 amide bonds. The molecule has 0 aromatic heterocycles. The topological polar surface area (TPSA) is 58.6 Å². The molecule has 108 valence electrons. The van der Waals surface area contributed by atoms with Crippen LogP contribution in [0.1, 0.15) is 6.92 Å². The molecule has 0 aliphatic rings. The molecule has 2 aromatic carbocycles. The van der Waals surface area contributed by atoms with Crippen LogP contribution in [0, 0.1) is 0 Å². The standard InChI is InChI=1S/C16H16N2O3/c1-2-21-16(20)15(19)18(14-11-7-4-8-12-14)17-13-9-5-3-6-10-13/h3-12,17H,2H2,1H3. The van der Waals surface area contributed by atoms with Crippen molar-refractivity contribution in [3.8, 4) is 0 Å². The number of hydrogen-bond donors (Lipinski definition) is 1. The van der Waals surface area contributed by atoms with Crippen molar-refractivity contribution in [3.05, 3.63) is 60.7 Å². The minimum Gasteiger partial charge on any atom is -0.459 e. The Labute approximate surface area is 123 Å². The highest BCUT2D eigenvalue weighted by molar-refractivity contribution is 6.38. The summed E-state index contributed by atoms with van der Waals surface area (Å²) in [6, 6.07) is 18.0. The van der Waals surface area contributed by atoms with Gasteiger partial charge in [-0.25, -0.2) is 9.80 Å². The van der Waals surface area contributed by atoms with Crippen LogP contribution in [0.3, 0.4) is 0 Å². The van der Waals surface area contributed by atoms with Gasteiger partial charge in [0.1, 0.15) is 0 Å². The number of esters is 1. The first-order valence-electron chi connectivity index (χ1n) is 6.60. The number of ether oxygens (including phenoxy) is 1. The van der Waals surface area contributed by atoms with Gasteiger partial charge in [0.15, 0.2) is 0 Å². The number of para-hydroxylation sites is 2. The number of nitrogens with zero attached hydrogens (tertiary/aromatic N) is 1. The van der Waals surface area contributed by atoms with Crippen molar-refractivity contribution in [2.45, 2.75) is 6.92 Å². The van der Waals surface area contributed by atoms with E-state index in [1.807, 2.05) is 24.3 Å². The number of anilines is 2. The molecule has 0 fully saturated rings. The molecule has 2 rings (SSSR count). The van der Waals surface area contributed by atoms with Gasteiger partial charge in [0.25, 0.3) is 0 Å². The molecule has 0 bridgehead atoms. The fourth-order valence-corrected chi connectivity index (χ4v) is 1.74. The number of nitrogens with one attached hydrogen (secondary N) is 1. The fourth-order valence-electron chi connectivity index (χ4n) is 1.74. The van der Waals surface area contributed by atoms with E-state index in [4.69, 9.17) is 4.74 Å². The van der Waals surface area contributed by atoms with E-state index in [-0.39, 0.29) is 6.61 Å². The molecule has 5 nitrogen and oxygen atoms in total. The lowest BCUT2D eigenvalue weighted by atomic mass is 10.3. The summed E-state index contributed by atoms with van der Waals surface area (Å²) in [5.41, 5.74) is 4.17. The predicted octanol–water partition coefficient (Wildman–Crippen LogP) is 2.61. The average molecular weight is 284 g/mol. The van der Waals surface area contributed by atoms with Gasteiger partial charge in [-0.05, 0) is 31.2 Å². The summed E-state index contributed by atoms with van der Waals surface area (Å²) in [6.07, 6.45) is 0. The van der Waals surface area contributed by atoms with Gasteiger partial charge in [-0.15, -0.1) is 0 Å². The summed E-state index contributed by atoms with van der Waals surface area (Å²) in [5.74, 6) is -1.67. The normalized spacial score (nSPS) is 9.76. The van der Waals surface area contributed by atoms with Crippen LogP contribution in [-0.4, -0.2) is 18.5 Å². The van der Waals surface area contributed by atoms with E-state index in [9.17, 15) is 9.59 Å².